The second-order valence-corrected chi connectivity index (χ2v) is 8.80. The summed E-state index contributed by atoms with van der Waals surface area (Å²) in [5.74, 6) is 1.09. The monoisotopic (exact) mass is 429 g/mol. The van der Waals surface area contributed by atoms with E-state index in [0.29, 0.717) is 40.8 Å². The molecular weight excluding hydrogens is 406 g/mol. The summed E-state index contributed by atoms with van der Waals surface area (Å²) in [7, 11) is 0. The summed E-state index contributed by atoms with van der Waals surface area (Å²) in [5, 5.41) is 11.9. The van der Waals surface area contributed by atoms with Crippen molar-refractivity contribution < 1.29 is 13.9 Å². The fraction of sp³-hybridized carbons (Fsp3) is 0.286. The lowest BCUT2D eigenvalue weighted by Crippen LogP contribution is -2.28. The van der Waals surface area contributed by atoms with Crippen LogP contribution in [0.4, 0.5) is 0 Å². The Kier molecular flexibility index (Phi) is 7.60. The molecule has 0 atom stereocenters. The fourth-order valence-corrected chi connectivity index (χ4v) is 3.47. The van der Waals surface area contributed by atoms with E-state index in [1.165, 1.54) is 11.8 Å². The molecule has 3 rings (SSSR count). The maximum absolute atomic E-state index is 12.1. The second kappa shape index (κ2) is 10.4. The molecule has 0 spiro atoms. The van der Waals surface area contributed by atoms with E-state index >= 15 is 0 Å². The largest absolute Gasteiger partial charge is 0.492 e. The van der Waals surface area contributed by atoms with Crippen LogP contribution in [0.5, 0.6) is 5.75 Å². The van der Waals surface area contributed by atoms with E-state index in [-0.39, 0.29) is 5.91 Å². The van der Waals surface area contributed by atoms with Gasteiger partial charge in [-0.05, 0) is 54.8 Å². The number of hydrogen-bond donors (Lipinski definition) is 1. The first kappa shape index (κ1) is 21.3. The van der Waals surface area contributed by atoms with Crippen molar-refractivity contribution in [3.8, 4) is 17.2 Å². The number of carbonyl (C=O) groups is 1. The zero-order valence-electron chi connectivity index (χ0n) is 16.5. The van der Waals surface area contributed by atoms with Crippen molar-refractivity contribution in [2.45, 2.75) is 29.2 Å². The molecule has 2 aromatic carbocycles. The molecule has 1 heterocycles. The third-order valence-electron chi connectivity index (χ3n) is 3.85. The van der Waals surface area contributed by atoms with Crippen molar-refractivity contribution in [2.24, 2.45) is 0 Å². The molecule has 6 nitrogen and oxygen atoms in total. The predicted molar refractivity (Wildman–Crippen MR) is 117 cm³/mol. The highest BCUT2D eigenvalue weighted by Crippen LogP contribution is 2.26. The summed E-state index contributed by atoms with van der Waals surface area (Å²) < 4.78 is 11.3. The summed E-state index contributed by atoms with van der Waals surface area (Å²) in [6, 6.07) is 15.0. The standard InChI is InChI=1S/C21H23N3O3S2/c1-14(2)29-21-24-23-20(27-21)16-4-8-17(9-5-16)26-13-12-22-19(25)15-6-10-18(28-3)11-7-15/h4-11,14H,12-13H2,1-3H3,(H,22,25). The topological polar surface area (TPSA) is 77.2 Å². The molecule has 0 saturated heterocycles. The lowest BCUT2D eigenvalue weighted by Gasteiger charge is -2.08. The molecule has 1 aromatic heterocycles. The average Bonchev–Trinajstić information content (AvgIpc) is 3.19. The summed E-state index contributed by atoms with van der Waals surface area (Å²) in [4.78, 5) is 13.3. The van der Waals surface area contributed by atoms with Gasteiger partial charge in [0.05, 0.1) is 6.54 Å². The summed E-state index contributed by atoms with van der Waals surface area (Å²) >= 11 is 3.18. The van der Waals surface area contributed by atoms with Crippen LogP contribution < -0.4 is 10.1 Å². The molecule has 0 radical (unpaired) electrons. The Bertz CT molecular complexity index is 925. The Morgan fingerprint density at radius 1 is 1.10 bits per heavy atom. The normalized spacial score (nSPS) is 10.9. The van der Waals surface area contributed by atoms with Crippen molar-refractivity contribution in [3.63, 3.8) is 0 Å². The Labute approximate surface area is 178 Å². The number of nitrogens with zero attached hydrogens (tertiary/aromatic N) is 2. The number of aromatic nitrogens is 2. The third-order valence-corrected chi connectivity index (χ3v) is 5.43. The van der Waals surface area contributed by atoms with Gasteiger partial charge in [-0.15, -0.1) is 22.0 Å². The lowest BCUT2D eigenvalue weighted by atomic mass is 10.2. The smallest absolute Gasteiger partial charge is 0.277 e. The molecule has 0 saturated carbocycles. The van der Waals surface area contributed by atoms with Crippen LogP contribution in [0.25, 0.3) is 11.5 Å². The number of rotatable bonds is 9. The second-order valence-electron chi connectivity index (χ2n) is 6.40. The van der Waals surface area contributed by atoms with E-state index in [9.17, 15) is 4.79 Å². The van der Waals surface area contributed by atoms with Crippen molar-refractivity contribution in [3.05, 3.63) is 54.1 Å². The molecule has 0 aliphatic carbocycles. The minimum absolute atomic E-state index is 0.108. The van der Waals surface area contributed by atoms with Crippen LogP contribution in [0, 0.1) is 0 Å². The predicted octanol–water partition coefficient (Wildman–Crippen LogP) is 4.77. The quantitative estimate of drug-likeness (QED) is 0.388. The lowest BCUT2D eigenvalue weighted by molar-refractivity contribution is 0.0947. The van der Waals surface area contributed by atoms with Crippen LogP contribution in [-0.4, -0.2) is 40.8 Å². The van der Waals surface area contributed by atoms with Gasteiger partial charge in [0.2, 0.25) is 5.89 Å². The van der Waals surface area contributed by atoms with Gasteiger partial charge < -0.3 is 14.5 Å². The van der Waals surface area contributed by atoms with Gasteiger partial charge in [0, 0.05) is 21.3 Å². The van der Waals surface area contributed by atoms with E-state index in [1.54, 1.807) is 11.8 Å². The van der Waals surface area contributed by atoms with Crippen molar-refractivity contribution in [1.82, 2.24) is 15.5 Å². The minimum atomic E-state index is -0.108. The van der Waals surface area contributed by atoms with E-state index in [0.717, 1.165) is 10.5 Å². The molecule has 1 N–H and O–H groups in total. The third kappa shape index (κ3) is 6.27. The SMILES string of the molecule is CSc1ccc(C(=O)NCCOc2ccc(-c3nnc(SC(C)C)o3)cc2)cc1. The molecule has 1 amide bonds. The van der Waals surface area contributed by atoms with Crippen molar-refractivity contribution in [2.75, 3.05) is 19.4 Å². The zero-order valence-corrected chi connectivity index (χ0v) is 18.2. The van der Waals surface area contributed by atoms with Crippen molar-refractivity contribution in [1.29, 1.82) is 0 Å². The zero-order chi connectivity index (χ0) is 20.6. The van der Waals surface area contributed by atoms with Crippen LogP contribution >= 0.6 is 23.5 Å². The van der Waals surface area contributed by atoms with E-state index in [1.807, 2.05) is 54.8 Å². The number of benzene rings is 2. The van der Waals surface area contributed by atoms with E-state index in [4.69, 9.17) is 9.15 Å². The number of amides is 1. The van der Waals surface area contributed by atoms with Crippen LogP contribution in [0.15, 0.2) is 63.1 Å². The Hall–Kier alpha value is -2.45. The van der Waals surface area contributed by atoms with Crippen molar-refractivity contribution >= 4 is 29.4 Å². The van der Waals surface area contributed by atoms with Crippen LogP contribution in [-0.2, 0) is 0 Å². The highest BCUT2D eigenvalue weighted by atomic mass is 32.2. The number of nitrogens with one attached hydrogen (secondary N) is 1. The molecule has 0 aliphatic rings. The van der Waals surface area contributed by atoms with E-state index < -0.39 is 0 Å². The molecule has 8 heteroatoms. The van der Waals surface area contributed by atoms with Gasteiger partial charge in [0.15, 0.2) is 0 Å². The van der Waals surface area contributed by atoms with Crippen LogP contribution in [0.3, 0.4) is 0 Å². The molecule has 0 bridgehead atoms. The molecule has 0 aliphatic heterocycles. The molecule has 0 fully saturated rings. The molecule has 0 unspecified atom stereocenters. The maximum Gasteiger partial charge on any atom is 0.277 e. The average molecular weight is 430 g/mol. The van der Waals surface area contributed by atoms with Gasteiger partial charge in [0.1, 0.15) is 12.4 Å². The van der Waals surface area contributed by atoms with Gasteiger partial charge in [-0.1, -0.05) is 25.6 Å². The Morgan fingerprint density at radius 2 is 1.83 bits per heavy atom. The number of carbonyl (C=O) groups excluding carboxylic acids is 1. The van der Waals surface area contributed by atoms with Gasteiger partial charge in [-0.3, -0.25) is 4.79 Å². The molecule has 29 heavy (non-hydrogen) atoms. The molecular formula is C21H23N3O3S2. The Balaban J connectivity index is 1.45. The van der Waals surface area contributed by atoms with Gasteiger partial charge in [-0.25, -0.2) is 0 Å². The van der Waals surface area contributed by atoms with Crippen LogP contribution in [0.1, 0.15) is 24.2 Å². The first-order chi connectivity index (χ1) is 14.0. The summed E-state index contributed by atoms with van der Waals surface area (Å²) in [6.45, 7) is 4.95. The maximum atomic E-state index is 12.1. The molecule has 3 aromatic rings. The fourth-order valence-electron chi connectivity index (χ4n) is 2.45. The van der Waals surface area contributed by atoms with Crippen LogP contribution in [0.2, 0.25) is 0 Å². The number of ether oxygens (including phenoxy) is 1. The highest BCUT2D eigenvalue weighted by Gasteiger charge is 2.10. The first-order valence-electron chi connectivity index (χ1n) is 9.21. The van der Waals surface area contributed by atoms with Gasteiger partial charge >= 0.3 is 0 Å². The van der Waals surface area contributed by atoms with Gasteiger partial charge in [-0.2, -0.15) is 0 Å². The number of hydrogen-bond acceptors (Lipinski definition) is 7. The highest BCUT2D eigenvalue weighted by molar-refractivity contribution is 7.99. The summed E-state index contributed by atoms with van der Waals surface area (Å²) in [6.07, 6.45) is 2.00. The number of thioether (sulfide) groups is 2. The minimum Gasteiger partial charge on any atom is -0.492 e. The Morgan fingerprint density at radius 3 is 2.48 bits per heavy atom. The molecule has 152 valence electrons. The first-order valence-corrected chi connectivity index (χ1v) is 11.3. The summed E-state index contributed by atoms with van der Waals surface area (Å²) in [5.41, 5.74) is 1.48. The van der Waals surface area contributed by atoms with Gasteiger partial charge in [0.25, 0.3) is 11.1 Å². The van der Waals surface area contributed by atoms with E-state index in [2.05, 4.69) is 29.4 Å².